The first kappa shape index (κ1) is 33.3. The van der Waals surface area contributed by atoms with Gasteiger partial charge in [-0.1, -0.05) is 36.4 Å². The van der Waals surface area contributed by atoms with Crippen LogP contribution >= 0.6 is 90.7 Å². The van der Waals surface area contributed by atoms with Crippen LogP contribution < -0.4 is 0 Å². The monoisotopic (exact) mass is 926 g/mol. The van der Waals surface area contributed by atoms with Crippen molar-refractivity contribution in [1.29, 1.82) is 0 Å². The molecule has 0 nitrogen and oxygen atoms in total. The average Bonchev–Trinajstić information content (AvgIpc) is 4.17. The lowest BCUT2D eigenvalue weighted by Gasteiger charge is -1.97. The van der Waals surface area contributed by atoms with Crippen molar-refractivity contribution in [2.45, 2.75) is 0 Å². The molecule has 8 heteroatoms. The summed E-state index contributed by atoms with van der Waals surface area (Å²) in [4.78, 5) is 0. The fourth-order valence-corrected chi connectivity index (χ4v) is 19.7. The number of hydrogen-bond donors (Lipinski definition) is 0. The number of benzene rings is 9. The van der Waals surface area contributed by atoms with Crippen molar-refractivity contribution in [3.8, 4) is 0 Å². The molecule has 8 aromatic heterocycles. The highest BCUT2D eigenvalue weighted by Gasteiger charge is 2.19. The van der Waals surface area contributed by atoms with Crippen LogP contribution in [0.2, 0.25) is 0 Å². The van der Waals surface area contributed by atoms with Crippen molar-refractivity contribution in [3.63, 3.8) is 0 Å². The van der Waals surface area contributed by atoms with Crippen LogP contribution in [0.1, 0.15) is 0 Å². The quantitative estimate of drug-likeness (QED) is 0.142. The van der Waals surface area contributed by atoms with Crippen molar-refractivity contribution >= 4 is 252 Å². The van der Waals surface area contributed by atoms with E-state index in [1.807, 2.05) is 90.7 Å². The zero-order chi connectivity index (χ0) is 39.7. The molecule has 0 radical (unpaired) electrons. The van der Waals surface area contributed by atoms with Crippen LogP contribution in [0.5, 0.6) is 0 Å². The van der Waals surface area contributed by atoms with Crippen molar-refractivity contribution in [2.24, 2.45) is 0 Å². The second-order valence-corrected chi connectivity index (χ2v) is 25.4. The maximum absolute atomic E-state index is 2.49. The average molecular weight is 927 g/mol. The summed E-state index contributed by atoms with van der Waals surface area (Å²) in [7, 11) is 0. The van der Waals surface area contributed by atoms with Gasteiger partial charge in [-0.3, -0.25) is 0 Å². The lowest BCUT2D eigenvalue weighted by atomic mass is 10.0. The Balaban J connectivity index is 0.809. The van der Waals surface area contributed by atoms with Crippen molar-refractivity contribution in [1.82, 2.24) is 0 Å². The van der Waals surface area contributed by atoms with E-state index in [2.05, 4.69) is 133 Å². The van der Waals surface area contributed by atoms with E-state index in [-0.39, 0.29) is 0 Å². The predicted molar refractivity (Wildman–Crippen MR) is 290 cm³/mol. The van der Waals surface area contributed by atoms with Gasteiger partial charge in [0.05, 0.1) is 0 Å². The van der Waals surface area contributed by atoms with Gasteiger partial charge in [0.1, 0.15) is 0 Å². The number of thiophene rings is 8. The van der Waals surface area contributed by atoms with Crippen LogP contribution in [0.15, 0.2) is 133 Å². The van der Waals surface area contributed by atoms with E-state index in [0.717, 1.165) is 0 Å². The Kier molecular flexibility index (Phi) is 6.16. The van der Waals surface area contributed by atoms with Crippen molar-refractivity contribution < 1.29 is 0 Å². The zero-order valence-corrected chi connectivity index (χ0v) is 38.5. The summed E-state index contributed by atoms with van der Waals surface area (Å²) < 4.78 is 22.1. The SMILES string of the molecule is c1ccc2c(c1)sc1cc3c(cc12)sc1cc2c(cc13)sc1cc3c(cc12)sc1cc2c(cc13)sc1cc3c(cc12)sc1cc2c(cc13)sc1cc3c(cc12)sc1ccccc13. The summed E-state index contributed by atoms with van der Waals surface area (Å²) in [5.41, 5.74) is 0. The molecule has 9 aromatic carbocycles. The van der Waals surface area contributed by atoms with Crippen molar-refractivity contribution in [2.75, 3.05) is 0 Å². The third-order valence-corrected chi connectivity index (χ3v) is 22.4. The van der Waals surface area contributed by atoms with Crippen LogP contribution in [0, 0.1) is 0 Å². The summed E-state index contributed by atoms with van der Waals surface area (Å²) in [6, 6.07) is 52.3. The van der Waals surface area contributed by atoms with Gasteiger partial charge in [0.2, 0.25) is 0 Å². The molecule has 0 aliphatic heterocycles. The Hall–Kier alpha value is -5.26. The van der Waals surface area contributed by atoms with E-state index < -0.39 is 0 Å². The molecular weight excluding hydrogens is 905 g/mol. The normalized spacial score (nSPS) is 13.2. The Morgan fingerprint density at radius 2 is 0.290 bits per heavy atom. The standard InChI is InChI=1S/C54H22S8/c1-3-7-39-23(5-1)25-9-43-27(11-41(25)55-39)29-13-47-31(15-45(29)57-43)33-17-51-35(19-49(33)59-47)37-21-54-38(22-53(37)61-51)36-20-50-34(18-52(36)62-54)32-16-46-30(14-48(32)60-50)28-12-42-26(10-44(28)58-46)24-6-2-4-8-40(24)56-42/h1-22H. The minimum absolute atomic E-state index is 1.37. The van der Waals surface area contributed by atoms with Crippen LogP contribution in [0.3, 0.4) is 0 Å². The van der Waals surface area contributed by atoms with Crippen LogP contribution in [-0.4, -0.2) is 0 Å². The molecule has 0 amide bonds. The molecule has 0 N–H and O–H groups in total. The lowest BCUT2D eigenvalue weighted by Crippen LogP contribution is -1.71. The minimum atomic E-state index is 1.37. The molecule has 0 saturated carbocycles. The topological polar surface area (TPSA) is 0 Å². The van der Waals surface area contributed by atoms with Crippen LogP contribution in [0.25, 0.3) is 161 Å². The second kappa shape index (κ2) is 11.5. The highest BCUT2D eigenvalue weighted by molar-refractivity contribution is 7.31. The van der Waals surface area contributed by atoms with E-state index in [1.165, 1.54) is 161 Å². The van der Waals surface area contributed by atoms with Crippen LogP contribution in [-0.2, 0) is 0 Å². The van der Waals surface area contributed by atoms with Gasteiger partial charge in [-0.05, 0) is 97.1 Å². The van der Waals surface area contributed by atoms with Gasteiger partial charge in [-0.15, -0.1) is 90.7 Å². The first-order valence-corrected chi connectivity index (χ1v) is 27.0. The summed E-state index contributed by atoms with van der Waals surface area (Å²) in [5.74, 6) is 0. The molecule has 0 atom stereocenters. The maximum Gasteiger partial charge on any atom is 0.0362 e. The van der Waals surface area contributed by atoms with E-state index in [9.17, 15) is 0 Å². The summed E-state index contributed by atoms with van der Waals surface area (Å²) >= 11 is 15.5. The van der Waals surface area contributed by atoms with Gasteiger partial charge in [0.15, 0.2) is 0 Å². The molecule has 17 aromatic rings. The first-order chi connectivity index (χ1) is 30.6. The molecule has 62 heavy (non-hydrogen) atoms. The molecular formula is C54H22S8. The van der Waals surface area contributed by atoms with Crippen LogP contribution in [0.4, 0.5) is 0 Å². The van der Waals surface area contributed by atoms with Gasteiger partial charge < -0.3 is 0 Å². The third kappa shape index (κ3) is 4.26. The Morgan fingerprint density at radius 3 is 0.484 bits per heavy atom. The van der Waals surface area contributed by atoms with Gasteiger partial charge in [0, 0.05) is 161 Å². The molecule has 8 heterocycles. The number of hydrogen-bond acceptors (Lipinski definition) is 8. The maximum atomic E-state index is 2.49. The second-order valence-electron chi connectivity index (χ2n) is 16.7. The molecule has 0 aliphatic rings. The summed E-state index contributed by atoms with van der Waals surface area (Å²) in [6.07, 6.45) is 0. The molecule has 0 unspecified atom stereocenters. The van der Waals surface area contributed by atoms with E-state index in [0.29, 0.717) is 0 Å². The molecule has 286 valence electrons. The predicted octanol–water partition coefficient (Wildman–Crippen LogP) is 20.6. The van der Waals surface area contributed by atoms with E-state index in [1.54, 1.807) is 0 Å². The molecule has 0 spiro atoms. The van der Waals surface area contributed by atoms with Gasteiger partial charge in [-0.2, -0.15) is 0 Å². The molecule has 0 aliphatic carbocycles. The smallest absolute Gasteiger partial charge is 0.0362 e. The van der Waals surface area contributed by atoms with Gasteiger partial charge >= 0.3 is 0 Å². The Bertz CT molecular complexity index is 4620. The summed E-state index contributed by atoms with van der Waals surface area (Å²) in [5, 5.41) is 22.1. The molecule has 17 rings (SSSR count). The fourth-order valence-electron chi connectivity index (χ4n) is 10.6. The Morgan fingerprint density at radius 1 is 0.145 bits per heavy atom. The molecule has 0 fully saturated rings. The summed E-state index contributed by atoms with van der Waals surface area (Å²) in [6.45, 7) is 0. The highest BCUT2D eigenvalue weighted by Crippen LogP contribution is 2.50. The first-order valence-electron chi connectivity index (χ1n) is 20.5. The van der Waals surface area contributed by atoms with E-state index >= 15 is 0 Å². The minimum Gasteiger partial charge on any atom is -0.135 e. The third-order valence-electron chi connectivity index (χ3n) is 13.4. The van der Waals surface area contributed by atoms with Crippen molar-refractivity contribution in [3.05, 3.63) is 133 Å². The number of rotatable bonds is 0. The van der Waals surface area contributed by atoms with Gasteiger partial charge in [0.25, 0.3) is 0 Å². The Labute approximate surface area is 381 Å². The largest absolute Gasteiger partial charge is 0.135 e. The molecule has 0 bridgehead atoms. The van der Waals surface area contributed by atoms with Gasteiger partial charge in [-0.25, -0.2) is 0 Å². The zero-order valence-electron chi connectivity index (χ0n) is 32.0. The highest BCUT2D eigenvalue weighted by atomic mass is 32.1. The van der Waals surface area contributed by atoms with E-state index in [4.69, 9.17) is 0 Å². The lowest BCUT2D eigenvalue weighted by molar-refractivity contribution is 1.87. The number of fused-ring (bicyclic) bond motifs is 24. The fraction of sp³-hybridized carbons (Fsp3) is 0. The molecule has 0 saturated heterocycles.